The van der Waals surface area contributed by atoms with Gasteiger partial charge in [0.15, 0.2) is 0 Å². The lowest BCUT2D eigenvalue weighted by Gasteiger charge is -2.09. The van der Waals surface area contributed by atoms with Crippen molar-refractivity contribution in [1.82, 2.24) is 5.32 Å². The quantitative estimate of drug-likeness (QED) is 0.321. The summed E-state index contributed by atoms with van der Waals surface area (Å²) in [4.78, 5) is 10.2. The van der Waals surface area contributed by atoms with Crippen molar-refractivity contribution in [3.8, 4) is 0 Å². The predicted octanol–water partition coefficient (Wildman–Crippen LogP) is 5.21. The maximum Gasteiger partial charge on any atom is 0.207 e. The van der Waals surface area contributed by atoms with Gasteiger partial charge < -0.3 is 5.32 Å². The Balaban J connectivity index is 3.00. The van der Waals surface area contributed by atoms with Crippen LogP contribution in [0.2, 0.25) is 0 Å². The highest BCUT2D eigenvalue weighted by Gasteiger charge is 1.98. The molecule has 0 saturated heterocycles. The molecular formula is C17H35NO. The van der Waals surface area contributed by atoms with Crippen LogP contribution in [0.5, 0.6) is 0 Å². The topological polar surface area (TPSA) is 29.1 Å². The predicted molar refractivity (Wildman–Crippen MR) is 84.4 cm³/mol. The van der Waals surface area contributed by atoms with Gasteiger partial charge in [0.25, 0.3) is 0 Å². The van der Waals surface area contributed by atoms with Crippen LogP contribution in [0.15, 0.2) is 0 Å². The number of carbonyl (C=O) groups is 1. The van der Waals surface area contributed by atoms with Crippen LogP contribution in [-0.2, 0) is 4.79 Å². The Labute approximate surface area is 120 Å². The molecule has 1 N–H and O–H groups in total. The summed E-state index contributed by atoms with van der Waals surface area (Å²) < 4.78 is 0. The van der Waals surface area contributed by atoms with Gasteiger partial charge >= 0.3 is 0 Å². The number of hydrogen-bond donors (Lipinski definition) is 1. The van der Waals surface area contributed by atoms with Gasteiger partial charge in [0.2, 0.25) is 6.41 Å². The third kappa shape index (κ3) is 15.4. The average Bonchev–Trinajstić information content (AvgIpc) is 2.40. The van der Waals surface area contributed by atoms with E-state index in [0.29, 0.717) is 6.04 Å². The second-order valence-corrected chi connectivity index (χ2v) is 5.86. The first kappa shape index (κ1) is 18.5. The zero-order chi connectivity index (χ0) is 14.2. The molecule has 0 fully saturated rings. The third-order valence-electron chi connectivity index (χ3n) is 3.84. The van der Waals surface area contributed by atoms with E-state index in [0.717, 1.165) is 12.8 Å². The lowest BCUT2D eigenvalue weighted by Crippen LogP contribution is -2.23. The summed E-state index contributed by atoms with van der Waals surface area (Å²) in [6.45, 7) is 4.35. The molecule has 0 aromatic heterocycles. The summed E-state index contributed by atoms with van der Waals surface area (Å²) in [5.41, 5.74) is 0. The lowest BCUT2D eigenvalue weighted by atomic mass is 10.0. The Kier molecular flexibility index (Phi) is 15.1. The van der Waals surface area contributed by atoms with Gasteiger partial charge in [0.05, 0.1) is 0 Å². The number of unbranched alkanes of at least 4 members (excludes halogenated alkanes) is 11. The maximum absolute atomic E-state index is 10.2. The van der Waals surface area contributed by atoms with Gasteiger partial charge in [-0.05, 0) is 13.3 Å². The van der Waals surface area contributed by atoms with Crippen molar-refractivity contribution < 1.29 is 4.79 Å². The molecule has 0 heterocycles. The van der Waals surface area contributed by atoms with E-state index in [1.807, 2.05) is 0 Å². The minimum atomic E-state index is 0.348. The summed E-state index contributed by atoms with van der Waals surface area (Å²) in [5, 5.41) is 2.80. The standard InChI is InChI=1S/C17H35NO/c1-3-4-5-6-7-8-9-10-11-12-13-14-15-17(2)18-16-19/h16-17H,3-15H2,1-2H3,(H,18,19). The van der Waals surface area contributed by atoms with Gasteiger partial charge in [-0.3, -0.25) is 4.79 Å². The SMILES string of the molecule is CCCCCCCCCCCCCCC(C)NC=O. The summed E-state index contributed by atoms with van der Waals surface area (Å²) in [5.74, 6) is 0. The lowest BCUT2D eigenvalue weighted by molar-refractivity contribution is -0.110. The van der Waals surface area contributed by atoms with E-state index >= 15 is 0 Å². The van der Waals surface area contributed by atoms with Crippen molar-refractivity contribution in [2.24, 2.45) is 0 Å². The Morgan fingerprint density at radius 2 is 1.21 bits per heavy atom. The van der Waals surface area contributed by atoms with E-state index < -0.39 is 0 Å². The monoisotopic (exact) mass is 269 g/mol. The third-order valence-corrected chi connectivity index (χ3v) is 3.84. The van der Waals surface area contributed by atoms with Crippen molar-refractivity contribution in [1.29, 1.82) is 0 Å². The highest BCUT2D eigenvalue weighted by atomic mass is 16.1. The molecule has 114 valence electrons. The van der Waals surface area contributed by atoms with Crippen LogP contribution in [0.3, 0.4) is 0 Å². The first-order valence-corrected chi connectivity index (χ1v) is 8.51. The minimum absolute atomic E-state index is 0.348. The minimum Gasteiger partial charge on any atom is -0.356 e. The highest BCUT2D eigenvalue weighted by Crippen LogP contribution is 2.12. The molecule has 19 heavy (non-hydrogen) atoms. The molecule has 1 unspecified atom stereocenters. The van der Waals surface area contributed by atoms with Crippen LogP contribution in [0.1, 0.15) is 97.3 Å². The fourth-order valence-corrected chi connectivity index (χ4v) is 2.49. The van der Waals surface area contributed by atoms with Gasteiger partial charge in [-0.1, -0.05) is 84.0 Å². The fourth-order valence-electron chi connectivity index (χ4n) is 2.49. The number of carbonyl (C=O) groups excluding carboxylic acids is 1. The molecule has 1 atom stereocenters. The molecule has 0 radical (unpaired) electrons. The molecule has 0 aliphatic rings. The van der Waals surface area contributed by atoms with E-state index in [-0.39, 0.29) is 0 Å². The first-order valence-electron chi connectivity index (χ1n) is 8.51. The normalized spacial score (nSPS) is 12.3. The van der Waals surface area contributed by atoms with E-state index in [1.54, 1.807) is 0 Å². The number of amides is 1. The van der Waals surface area contributed by atoms with Crippen LogP contribution >= 0.6 is 0 Å². The zero-order valence-corrected chi connectivity index (χ0v) is 13.3. The molecule has 2 nitrogen and oxygen atoms in total. The summed E-state index contributed by atoms with van der Waals surface area (Å²) >= 11 is 0. The van der Waals surface area contributed by atoms with Crippen molar-refractivity contribution in [3.05, 3.63) is 0 Å². The van der Waals surface area contributed by atoms with Crippen LogP contribution in [0.25, 0.3) is 0 Å². The molecule has 0 spiro atoms. The number of nitrogens with one attached hydrogen (secondary N) is 1. The number of hydrogen-bond acceptors (Lipinski definition) is 1. The second-order valence-electron chi connectivity index (χ2n) is 5.86. The van der Waals surface area contributed by atoms with Crippen LogP contribution in [0, 0.1) is 0 Å². The molecule has 0 saturated carbocycles. The van der Waals surface area contributed by atoms with Crippen molar-refractivity contribution in [2.75, 3.05) is 0 Å². The van der Waals surface area contributed by atoms with Gasteiger partial charge in [-0.2, -0.15) is 0 Å². The largest absolute Gasteiger partial charge is 0.356 e. The molecule has 0 rings (SSSR count). The van der Waals surface area contributed by atoms with E-state index in [9.17, 15) is 4.79 Å². The van der Waals surface area contributed by atoms with Gasteiger partial charge in [0.1, 0.15) is 0 Å². The molecule has 2 heteroatoms. The van der Waals surface area contributed by atoms with Crippen molar-refractivity contribution >= 4 is 6.41 Å². The summed E-state index contributed by atoms with van der Waals surface area (Å²) in [7, 11) is 0. The Morgan fingerprint density at radius 3 is 1.63 bits per heavy atom. The van der Waals surface area contributed by atoms with Crippen LogP contribution in [-0.4, -0.2) is 12.5 Å². The molecule has 0 aromatic carbocycles. The smallest absolute Gasteiger partial charge is 0.207 e. The van der Waals surface area contributed by atoms with Crippen LogP contribution in [0.4, 0.5) is 0 Å². The Hall–Kier alpha value is -0.530. The van der Waals surface area contributed by atoms with Gasteiger partial charge in [-0.15, -0.1) is 0 Å². The molecule has 0 aliphatic carbocycles. The Morgan fingerprint density at radius 1 is 0.789 bits per heavy atom. The average molecular weight is 269 g/mol. The first-order chi connectivity index (χ1) is 9.31. The zero-order valence-electron chi connectivity index (χ0n) is 13.3. The fraction of sp³-hybridized carbons (Fsp3) is 0.941. The van der Waals surface area contributed by atoms with E-state index in [2.05, 4.69) is 19.2 Å². The highest BCUT2D eigenvalue weighted by molar-refractivity contribution is 5.46. The molecular weight excluding hydrogens is 234 g/mol. The molecule has 1 amide bonds. The molecule has 0 bridgehead atoms. The maximum atomic E-state index is 10.2. The second kappa shape index (κ2) is 15.5. The van der Waals surface area contributed by atoms with E-state index in [1.165, 1.54) is 77.0 Å². The summed E-state index contributed by atoms with van der Waals surface area (Å²) in [6, 6.07) is 0.348. The van der Waals surface area contributed by atoms with Crippen molar-refractivity contribution in [3.63, 3.8) is 0 Å². The summed E-state index contributed by atoms with van der Waals surface area (Å²) in [6.07, 6.45) is 18.6. The van der Waals surface area contributed by atoms with Gasteiger partial charge in [0, 0.05) is 6.04 Å². The molecule has 0 aromatic rings. The Bertz CT molecular complexity index is 182. The van der Waals surface area contributed by atoms with Gasteiger partial charge in [-0.25, -0.2) is 0 Å². The van der Waals surface area contributed by atoms with E-state index in [4.69, 9.17) is 0 Å². The van der Waals surface area contributed by atoms with Crippen molar-refractivity contribution in [2.45, 2.75) is 103 Å². The number of rotatable bonds is 15. The molecule has 0 aliphatic heterocycles. The van der Waals surface area contributed by atoms with Crippen LogP contribution < -0.4 is 5.32 Å².